The molecule has 3 heteroatoms. The van der Waals surface area contributed by atoms with Crippen LogP contribution in [0.15, 0.2) is 12.1 Å². The second-order valence-corrected chi connectivity index (χ2v) is 4.15. The van der Waals surface area contributed by atoms with Gasteiger partial charge in [-0.15, -0.1) is 0 Å². The second-order valence-electron chi connectivity index (χ2n) is 3.33. The third kappa shape index (κ3) is 2.37. The molecule has 0 saturated carbocycles. The third-order valence-electron chi connectivity index (χ3n) is 1.95. The van der Waals surface area contributed by atoms with Crippen LogP contribution in [-0.2, 0) is 6.54 Å². The van der Waals surface area contributed by atoms with Gasteiger partial charge in [-0.1, -0.05) is 37.0 Å². The molecule has 0 aliphatic rings. The largest absolute Gasteiger partial charge is 0.326 e. The van der Waals surface area contributed by atoms with Crippen LogP contribution in [0, 0.1) is 0 Å². The Labute approximate surface area is 88.8 Å². The standard InChI is InChI=1S/C10H13Cl2N/c1-6(2)10-8(11)3-7(5-13)4-9(10)12/h3-4,6H,5,13H2,1-2H3. The van der Waals surface area contributed by atoms with Crippen molar-refractivity contribution in [1.29, 1.82) is 0 Å². The highest BCUT2D eigenvalue weighted by molar-refractivity contribution is 6.36. The summed E-state index contributed by atoms with van der Waals surface area (Å²) in [5, 5.41) is 1.42. The molecule has 0 aliphatic heterocycles. The molecule has 0 aromatic heterocycles. The van der Waals surface area contributed by atoms with Crippen molar-refractivity contribution in [3.8, 4) is 0 Å². The monoisotopic (exact) mass is 217 g/mol. The molecule has 0 atom stereocenters. The first-order chi connectivity index (χ1) is 6.06. The van der Waals surface area contributed by atoms with Crippen LogP contribution in [0.5, 0.6) is 0 Å². The summed E-state index contributed by atoms with van der Waals surface area (Å²) in [5.74, 6) is 0.340. The van der Waals surface area contributed by atoms with Crippen LogP contribution in [0.1, 0.15) is 30.9 Å². The molecule has 1 aromatic carbocycles. The van der Waals surface area contributed by atoms with Crippen LogP contribution >= 0.6 is 23.2 Å². The van der Waals surface area contributed by atoms with Crippen molar-refractivity contribution in [3.63, 3.8) is 0 Å². The molecule has 1 aromatic rings. The number of halogens is 2. The zero-order valence-corrected chi connectivity index (χ0v) is 9.28. The number of nitrogens with two attached hydrogens (primary N) is 1. The van der Waals surface area contributed by atoms with E-state index in [2.05, 4.69) is 13.8 Å². The first-order valence-electron chi connectivity index (χ1n) is 4.24. The molecule has 0 aliphatic carbocycles. The van der Waals surface area contributed by atoms with Gasteiger partial charge in [0.15, 0.2) is 0 Å². The van der Waals surface area contributed by atoms with Crippen molar-refractivity contribution in [2.24, 2.45) is 5.73 Å². The fraction of sp³-hybridized carbons (Fsp3) is 0.400. The lowest BCUT2D eigenvalue weighted by atomic mass is 10.0. The highest BCUT2D eigenvalue weighted by Gasteiger charge is 2.10. The summed E-state index contributed by atoms with van der Waals surface area (Å²) in [5.41, 5.74) is 7.47. The molecule has 2 N–H and O–H groups in total. The quantitative estimate of drug-likeness (QED) is 0.806. The average molecular weight is 218 g/mol. The van der Waals surface area contributed by atoms with E-state index < -0.39 is 0 Å². The Morgan fingerprint density at radius 2 is 1.69 bits per heavy atom. The Bertz CT molecular complexity index is 285. The molecule has 72 valence electrons. The fourth-order valence-electron chi connectivity index (χ4n) is 1.31. The summed E-state index contributed by atoms with van der Waals surface area (Å²) in [6.45, 7) is 4.60. The van der Waals surface area contributed by atoms with Gasteiger partial charge in [-0.3, -0.25) is 0 Å². The summed E-state index contributed by atoms with van der Waals surface area (Å²) >= 11 is 12.1. The molecule has 13 heavy (non-hydrogen) atoms. The minimum atomic E-state index is 0.340. The van der Waals surface area contributed by atoms with Gasteiger partial charge in [0.05, 0.1) is 0 Å². The predicted molar refractivity (Wildman–Crippen MR) is 58.4 cm³/mol. The summed E-state index contributed by atoms with van der Waals surface area (Å²) in [6.07, 6.45) is 0. The Hall–Kier alpha value is -0.240. The minimum absolute atomic E-state index is 0.340. The van der Waals surface area contributed by atoms with E-state index in [-0.39, 0.29) is 0 Å². The molecule has 0 fully saturated rings. The molecule has 0 spiro atoms. The van der Waals surface area contributed by atoms with Gasteiger partial charge in [0.25, 0.3) is 0 Å². The topological polar surface area (TPSA) is 26.0 Å². The minimum Gasteiger partial charge on any atom is -0.326 e. The number of benzene rings is 1. The van der Waals surface area contributed by atoms with Gasteiger partial charge in [0.2, 0.25) is 0 Å². The average Bonchev–Trinajstić information content (AvgIpc) is 2.02. The van der Waals surface area contributed by atoms with Crippen molar-refractivity contribution in [3.05, 3.63) is 33.3 Å². The Morgan fingerprint density at radius 3 is 2.00 bits per heavy atom. The van der Waals surface area contributed by atoms with Crippen molar-refractivity contribution in [2.45, 2.75) is 26.3 Å². The summed E-state index contributed by atoms with van der Waals surface area (Å²) in [7, 11) is 0. The van der Waals surface area contributed by atoms with Crippen LogP contribution in [-0.4, -0.2) is 0 Å². The maximum Gasteiger partial charge on any atom is 0.0458 e. The molecule has 0 heterocycles. The van der Waals surface area contributed by atoms with Gasteiger partial charge in [-0.25, -0.2) is 0 Å². The van der Waals surface area contributed by atoms with Crippen LogP contribution in [0.25, 0.3) is 0 Å². The predicted octanol–water partition coefficient (Wildman–Crippen LogP) is 3.58. The van der Waals surface area contributed by atoms with E-state index in [4.69, 9.17) is 28.9 Å². The van der Waals surface area contributed by atoms with E-state index in [0.717, 1.165) is 11.1 Å². The molecule has 0 amide bonds. The first-order valence-corrected chi connectivity index (χ1v) is 4.99. The van der Waals surface area contributed by atoms with E-state index in [1.807, 2.05) is 12.1 Å². The molecule has 0 unspecified atom stereocenters. The summed E-state index contributed by atoms with van der Waals surface area (Å²) in [4.78, 5) is 0. The number of hydrogen-bond acceptors (Lipinski definition) is 1. The van der Waals surface area contributed by atoms with Crippen molar-refractivity contribution in [2.75, 3.05) is 0 Å². The lowest BCUT2D eigenvalue weighted by Gasteiger charge is -2.11. The van der Waals surface area contributed by atoms with Crippen molar-refractivity contribution >= 4 is 23.2 Å². The van der Waals surface area contributed by atoms with E-state index in [1.54, 1.807) is 0 Å². The Morgan fingerprint density at radius 1 is 1.23 bits per heavy atom. The maximum atomic E-state index is 6.07. The van der Waals surface area contributed by atoms with Crippen LogP contribution < -0.4 is 5.73 Å². The Kier molecular flexibility index (Phi) is 3.60. The molecular weight excluding hydrogens is 205 g/mol. The van der Waals surface area contributed by atoms with Gasteiger partial charge in [0, 0.05) is 16.6 Å². The van der Waals surface area contributed by atoms with Crippen LogP contribution in [0.2, 0.25) is 10.0 Å². The lowest BCUT2D eigenvalue weighted by molar-refractivity contribution is 0.865. The van der Waals surface area contributed by atoms with E-state index >= 15 is 0 Å². The van der Waals surface area contributed by atoms with Gasteiger partial charge in [-0.2, -0.15) is 0 Å². The van der Waals surface area contributed by atoms with Gasteiger partial charge in [-0.05, 0) is 29.2 Å². The van der Waals surface area contributed by atoms with Crippen molar-refractivity contribution < 1.29 is 0 Å². The van der Waals surface area contributed by atoms with E-state index in [0.29, 0.717) is 22.5 Å². The molecule has 0 bridgehead atoms. The number of rotatable bonds is 2. The second kappa shape index (κ2) is 4.32. The lowest BCUT2D eigenvalue weighted by Crippen LogP contribution is -1.99. The third-order valence-corrected chi connectivity index (χ3v) is 2.58. The molecule has 1 nitrogen and oxygen atoms in total. The first kappa shape index (κ1) is 10.8. The Balaban J connectivity index is 3.23. The SMILES string of the molecule is CC(C)c1c(Cl)cc(CN)cc1Cl. The molecule has 0 radical (unpaired) electrons. The van der Waals surface area contributed by atoms with E-state index in [1.165, 1.54) is 0 Å². The van der Waals surface area contributed by atoms with Crippen molar-refractivity contribution in [1.82, 2.24) is 0 Å². The highest BCUT2D eigenvalue weighted by atomic mass is 35.5. The van der Waals surface area contributed by atoms with Crippen LogP contribution in [0.3, 0.4) is 0 Å². The van der Waals surface area contributed by atoms with E-state index in [9.17, 15) is 0 Å². The van der Waals surface area contributed by atoms with Gasteiger partial charge < -0.3 is 5.73 Å². The summed E-state index contributed by atoms with van der Waals surface area (Å²) in [6, 6.07) is 3.76. The number of hydrogen-bond donors (Lipinski definition) is 1. The smallest absolute Gasteiger partial charge is 0.0458 e. The maximum absolute atomic E-state index is 6.07. The molecular formula is C10H13Cl2N. The molecule has 1 rings (SSSR count). The molecule has 0 saturated heterocycles. The zero-order valence-electron chi connectivity index (χ0n) is 7.77. The normalized spacial score (nSPS) is 10.9. The van der Waals surface area contributed by atoms with Crippen LogP contribution in [0.4, 0.5) is 0 Å². The van der Waals surface area contributed by atoms with Gasteiger partial charge in [0.1, 0.15) is 0 Å². The fourth-order valence-corrected chi connectivity index (χ4v) is 2.27. The highest BCUT2D eigenvalue weighted by Crippen LogP contribution is 2.32. The van der Waals surface area contributed by atoms with Gasteiger partial charge >= 0.3 is 0 Å². The zero-order chi connectivity index (χ0) is 10.0. The summed E-state index contributed by atoms with van der Waals surface area (Å²) < 4.78 is 0.